The van der Waals surface area contributed by atoms with Crippen LogP contribution in [0.25, 0.3) is 0 Å². The zero-order chi connectivity index (χ0) is 15.6. The van der Waals surface area contributed by atoms with E-state index in [4.69, 9.17) is 5.73 Å². The number of rotatable bonds is 3. The van der Waals surface area contributed by atoms with Crippen molar-refractivity contribution in [1.82, 2.24) is 5.32 Å². The van der Waals surface area contributed by atoms with Crippen LogP contribution in [0.3, 0.4) is 0 Å². The monoisotopic (exact) mass is 296 g/mol. The minimum Gasteiger partial charge on any atom is -0.393 e. The van der Waals surface area contributed by atoms with Crippen LogP contribution in [-0.4, -0.2) is 29.7 Å². The van der Waals surface area contributed by atoms with Crippen LogP contribution in [0, 0.1) is 23.2 Å². The lowest BCUT2D eigenvalue weighted by Gasteiger charge is -2.46. The number of amides is 1. The summed E-state index contributed by atoms with van der Waals surface area (Å²) in [6, 6.07) is 0.206. The maximum Gasteiger partial charge on any atom is 0.223 e. The molecule has 0 saturated heterocycles. The van der Waals surface area contributed by atoms with Gasteiger partial charge in [0, 0.05) is 18.5 Å². The summed E-state index contributed by atoms with van der Waals surface area (Å²) in [4.78, 5) is 12.6. The molecule has 0 aliphatic heterocycles. The molecule has 5 unspecified atom stereocenters. The second-order valence-corrected chi connectivity index (χ2v) is 7.84. The normalized spacial score (nSPS) is 39.8. The summed E-state index contributed by atoms with van der Waals surface area (Å²) in [5, 5.41) is 12.9. The number of aliphatic hydroxyl groups excluding tert-OH is 1. The highest BCUT2D eigenvalue weighted by Gasteiger charge is 2.44. The van der Waals surface area contributed by atoms with Gasteiger partial charge in [-0.25, -0.2) is 0 Å². The molecule has 122 valence electrons. The minimum atomic E-state index is -0.176. The molecule has 1 amide bonds. The predicted octanol–water partition coefficient (Wildman–Crippen LogP) is 2.05. The van der Waals surface area contributed by atoms with Crippen molar-refractivity contribution in [2.45, 2.75) is 71.4 Å². The maximum atomic E-state index is 12.6. The number of aliphatic hydroxyl groups is 1. The zero-order valence-corrected chi connectivity index (χ0v) is 13.8. The van der Waals surface area contributed by atoms with Crippen LogP contribution >= 0.6 is 0 Å². The van der Waals surface area contributed by atoms with Crippen molar-refractivity contribution in [1.29, 1.82) is 0 Å². The van der Waals surface area contributed by atoms with Gasteiger partial charge in [-0.05, 0) is 49.4 Å². The quantitative estimate of drug-likeness (QED) is 0.746. The average Bonchev–Trinajstić information content (AvgIpc) is 2.42. The molecule has 2 aliphatic rings. The van der Waals surface area contributed by atoms with Crippen LogP contribution < -0.4 is 11.1 Å². The average molecular weight is 296 g/mol. The van der Waals surface area contributed by atoms with Crippen LogP contribution in [-0.2, 0) is 4.79 Å². The number of nitrogens with one attached hydrogen (secondary N) is 1. The summed E-state index contributed by atoms with van der Waals surface area (Å²) in [5.41, 5.74) is 6.12. The number of nitrogens with two attached hydrogens (primary N) is 1. The summed E-state index contributed by atoms with van der Waals surface area (Å²) in [5.74, 6) is 1.03. The van der Waals surface area contributed by atoms with Crippen molar-refractivity contribution in [2.75, 3.05) is 6.54 Å². The van der Waals surface area contributed by atoms with E-state index in [2.05, 4.69) is 26.1 Å². The molecule has 2 saturated carbocycles. The molecule has 5 atom stereocenters. The van der Waals surface area contributed by atoms with E-state index < -0.39 is 0 Å². The van der Waals surface area contributed by atoms with Crippen molar-refractivity contribution < 1.29 is 9.90 Å². The topological polar surface area (TPSA) is 75.4 Å². The molecule has 21 heavy (non-hydrogen) atoms. The van der Waals surface area contributed by atoms with E-state index in [1.54, 1.807) is 0 Å². The molecule has 4 N–H and O–H groups in total. The van der Waals surface area contributed by atoms with Gasteiger partial charge in [-0.3, -0.25) is 4.79 Å². The van der Waals surface area contributed by atoms with Crippen molar-refractivity contribution >= 4 is 5.91 Å². The number of carbonyl (C=O) groups is 1. The van der Waals surface area contributed by atoms with Gasteiger partial charge in [-0.2, -0.15) is 0 Å². The van der Waals surface area contributed by atoms with E-state index in [-0.39, 0.29) is 29.4 Å². The van der Waals surface area contributed by atoms with Gasteiger partial charge in [0.1, 0.15) is 0 Å². The lowest BCUT2D eigenvalue weighted by atomic mass is 9.61. The molecule has 0 spiro atoms. The Balaban J connectivity index is 1.88. The number of hydrogen-bond donors (Lipinski definition) is 3. The second-order valence-electron chi connectivity index (χ2n) is 7.84. The third-order valence-electron chi connectivity index (χ3n) is 6.14. The van der Waals surface area contributed by atoms with Gasteiger partial charge in [0.15, 0.2) is 0 Å². The van der Waals surface area contributed by atoms with E-state index >= 15 is 0 Å². The zero-order valence-electron chi connectivity index (χ0n) is 13.8. The highest BCUT2D eigenvalue weighted by Crippen LogP contribution is 2.44. The van der Waals surface area contributed by atoms with Crippen LogP contribution in [0.1, 0.15) is 59.3 Å². The van der Waals surface area contributed by atoms with E-state index in [0.717, 1.165) is 38.5 Å². The molecule has 0 bridgehead atoms. The molecular formula is C17H32N2O2. The standard InChI is InChI=1S/C17H32N2O2/c1-11-15(18)8-7-14(17(11,2)3)16(21)19-10-12-5-4-6-13(20)9-12/h11-15,20H,4-10,18H2,1-3H3,(H,19,21). The number of hydrogen-bond acceptors (Lipinski definition) is 3. The van der Waals surface area contributed by atoms with E-state index in [9.17, 15) is 9.90 Å². The lowest BCUT2D eigenvalue weighted by molar-refractivity contribution is -0.132. The molecule has 4 heteroatoms. The number of carbonyl (C=O) groups excluding carboxylic acids is 1. The summed E-state index contributed by atoms with van der Waals surface area (Å²) >= 11 is 0. The predicted molar refractivity (Wildman–Crippen MR) is 84.6 cm³/mol. The lowest BCUT2D eigenvalue weighted by Crippen LogP contribution is -2.52. The highest BCUT2D eigenvalue weighted by molar-refractivity contribution is 5.79. The molecule has 2 aliphatic carbocycles. The molecule has 2 fully saturated rings. The van der Waals surface area contributed by atoms with Crippen molar-refractivity contribution in [2.24, 2.45) is 28.9 Å². The van der Waals surface area contributed by atoms with Crippen molar-refractivity contribution in [3.8, 4) is 0 Å². The molecule has 0 aromatic heterocycles. The first-order valence-corrected chi connectivity index (χ1v) is 8.53. The molecule has 0 aromatic rings. The summed E-state index contributed by atoms with van der Waals surface area (Å²) in [6.07, 6.45) is 5.58. The first kappa shape index (κ1) is 16.8. The Hall–Kier alpha value is -0.610. The van der Waals surface area contributed by atoms with Crippen LogP contribution in [0.15, 0.2) is 0 Å². The Kier molecular flexibility index (Phi) is 5.31. The SMILES string of the molecule is CC1C(N)CCC(C(=O)NCC2CCCC(O)C2)C1(C)C. The van der Waals surface area contributed by atoms with Gasteiger partial charge >= 0.3 is 0 Å². The van der Waals surface area contributed by atoms with Crippen LogP contribution in [0.5, 0.6) is 0 Å². The Morgan fingerprint density at radius 1 is 1.29 bits per heavy atom. The molecule has 2 rings (SSSR count). The third-order valence-corrected chi connectivity index (χ3v) is 6.14. The van der Waals surface area contributed by atoms with Gasteiger partial charge in [-0.1, -0.05) is 27.2 Å². The smallest absolute Gasteiger partial charge is 0.223 e. The van der Waals surface area contributed by atoms with Gasteiger partial charge < -0.3 is 16.2 Å². The fourth-order valence-corrected chi connectivity index (χ4v) is 4.14. The van der Waals surface area contributed by atoms with E-state index in [1.165, 1.54) is 0 Å². The third kappa shape index (κ3) is 3.78. The van der Waals surface area contributed by atoms with Crippen LogP contribution in [0.2, 0.25) is 0 Å². The van der Waals surface area contributed by atoms with Gasteiger partial charge in [0.2, 0.25) is 5.91 Å². The Bertz CT molecular complexity index is 370. The molecule has 0 radical (unpaired) electrons. The Morgan fingerprint density at radius 2 is 2.00 bits per heavy atom. The Morgan fingerprint density at radius 3 is 2.67 bits per heavy atom. The summed E-state index contributed by atoms with van der Waals surface area (Å²) < 4.78 is 0. The van der Waals surface area contributed by atoms with Crippen molar-refractivity contribution in [3.63, 3.8) is 0 Å². The van der Waals surface area contributed by atoms with Gasteiger partial charge in [0.25, 0.3) is 0 Å². The molecular weight excluding hydrogens is 264 g/mol. The summed E-state index contributed by atoms with van der Waals surface area (Å²) in [6.45, 7) is 7.22. The van der Waals surface area contributed by atoms with E-state index in [0.29, 0.717) is 18.4 Å². The first-order chi connectivity index (χ1) is 9.82. The maximum absolute atomic E-state index is 12.6. The minimum absolute atomic E-state index is 0.0478. The highest BCUT2D eigenvalue weighted by atomic mass is 16.3. The molecule has 4 nitrogen and oxygen atoms in total. The van der Waals surface area contributed by atoms with Gasteiger partial charge in [0.05, 0.1) is 6.10 Å². The second kappa shape index (κ2) is 6.66. The summed E-state index contributed by atoms with van der Waals surface area (Å²) in [7, 11) is 0. The first-order valence-electron chi connectivity index (χ1n) is 8.53. The Labute approximate surface area is 128 Å². The fourth-order valence-electron chi connectivity index (χ4n) is 4.14. The van der Waals surface area contributed by atoms with Crippen LogP contribution in [0.4, 0.5) is 0 Å². The van der Waals surface area contributed by atoms with E-state index in [1.807, 2.05) is 0 Å². The fraction of sp³-hybridized carbons (Fsp3) is 0.941. The largest absolute Gasteiger partial charge is 0.393 e. The molecule has 0 heterocycles. The van der Waals surface area contributed by atoms with Gasteiger partial charge in [-0.15, -0.1) is 0 Å². The molecule has 0 aromatic carbocycles. The van der Waals surface area contributed by atoms with Crippen molar-refractivity contribution in [3.05, 3.63) is 0 Å².